The molecule has 0 aliphatic carbocycles. The molecule has 3 nitrogen and oxygen atoms in total. The van der Waals surface area contributed by atoms with Gasteiger partial charge in [0.05, 0.1) is 6.04 Å². The van der Waals surface area contributed by atoms with Gasteiger partial charge in [-0.15, -0.1) is 11.3 Å². The van der Waals surface area contributed by atoms with Gasteiger partial charge in [-0.05, 0) is 61.6 Å². The summed E-state index contributed by atoms with van der Waals surface area (Å²) >= 11 is 7.64. The molecule has 0 saturated carbocycles. The van der Waals surface area contributed by atoms with Crippen molar-refractivity contribution < 1.29 is 4.79 Å². The van der Waals surface area contributed by atoms with E-state index in [1.54, 1.807) is 35.6 Å². The fraction of sp³-hybridized carbons (Fsp3) is 0.389. The average molecular weight is 349 g/mol. The van der Waals surface area contributed by atoms with E-state index in [-0.39, 0.29) is 11.9 Å². The maximum Gasteiger partial charge on any atom is 0.251 e. The number of hydrogen-bond acceptors (Lipinski definition) is 3. The summed E-state index contributed by atoms with van der Waals surface area (Å²) in [5, 5.41) is 5.84. The molecule has 0 bridgehead atoms. The first-order chi connectivity index (χ1) is 11.2. The minimum atomic E-state index is -0.0415. The van der Waals surface area contributed by atoms with Gasteiger partial charge in [-0.3, -0.25) is 9.69 Å². The van der Waals surface area contributed by atoms with E-state index < -0.39 is 0 Å². The lowest BCUT2D eigenvalue weighted by Gasteiger charge is -2.34. The number of nitrogens with zero attached hydrogens (tertiary/aromatic N) is 1. The predicted molar refractivity (Wildman–Crippen MR) is 96.3 cm³/mol. The Hall–Kier alpha value is -1.36. The Labute approximate surface area is 146 Å². The van der Waals surface area contributed by atoms with Gasteiger partial charge >= 0.3 is 0 Å². The molecule has 0 unspecified atom stereocenters. The van der Waals surface area contributed by atoms with Gasteiger partial charge in [-0.1, -0.05) is 24.1 Å². The first-order valence-corrected chi connectivity index (χ1v) is 9.31. The van der Waals surface area contributed by atoms with Crippen molar-refractivity contribution >= 4 is 28.8 Å². The normalized spacial score (nSPS) is 16.9. The van der Waals surface area contributed by atoms with Gasteiger partial charge < -0.3 is 5.32 Å². The summed E-state index contributed by atoms with van der Waals surface area (Å²) in [6, 6.07) is 11.5. The quantitative estimate of drug-likeness (QED) is 0.870. The number of carbonyl (C=O) groups excluding carboxylic acids is 1. The summed E-state index contributed by atoms with van der Waals surface area (Å²) in [6.45, 7) is 2.86. The number of nitrogens with one attached hydrogen (secondary N) is 1. The highest BCUT2D eigenvalue weighted by Gasteiger charge is 2.23. The summed E-state index contributed by atoms with van der Waals surface area (Å²) in [7, 11) is 0. The molecule has 0 spiro atoms. The first-order valence-electron chi connectivity index (χ1n) is 8.05. The van der Waals surface area contributed by atoms with E-state index in [4.69, 9.17) is 11.6 Å². The first kappa shape index (κ1) is 16.5. The highest BCUT2D eigenvalue weighted by atomic mass is 35.5. The van der Waals surface area contributed by atoms with E-state index in [2.05, 4.69) is 27.7 Å². The number of thiophene rings is 1. The van der Waals surface area contributed by atoms with Crippen LogP contribution in [0.5, 0.6) is 0 Å². The zero-order valence-corrected chi connectivity index (χ0v) is 14.6. The molecule has 1 aromatic heterocycles. The lowest BCUT2D eigenvalue weighted by molar-refractivity contribution is 0.0925. The topological polar surface area (TPSA) is 32.3 Å². The van der Waals surface area contributed by atoms with Crippen LogP contribution in [0.2, 0.25) is 5.02 Å². The van der Waals surface area contributed by atoms with Crippen LogP contribution in [0.1, 0.15) is 40.5 Å². The largest absolute Gasteiger partial charge is 0.350 e. The van der Waals surface area contributed by atoms with Gasteiger partial charge in [0.15, 0.2) is 0 Å². The molecule has 122 valence electrons. The third kappa shape index (κ3) is 4.34. The monoisotopic (exact) mass is 348 g/mol. The number of amides is 1. The molecule has 3 rings (SSSR count). The minimum Gasteiger partial charge on any atom is -0.350 e. The Morgan fingerprint density at radius 2 is 1.91 bits per heavy atom. The molecule has 1 aliphatic rings. The molecule has 1 saturated heterocycles. The number of carbonyl (C=O) groups is 1. The molecule has 23 heavy (non-hydrogen) atoms. The summed E-state index contributed by atoms with van der Waals surface area (Å²) in [4.78, 5) is 16.2. The molecule has 0 radical (unpaired) electrons. The van der Waals surface area contributed by atoms with Crippen LogP contribution in [0.15, 0.2) is 41.8 Å². The number of halogens is 1. The van der Waals surface area contributed by atoms with Gasteiger partial charge in [0.1, 0.15) is 0 Å². The summed E-state index contributed by atoms with van der Waals surface area (Å²) in [5.41, 5.74) is 0.651. The Morgan fingerprint density at radius 1 is 1.17 bits per heavy atom. The second-order valence-electron chi connectivity index (χ2n) is 5.84. The fourth-order valence-electron chi connectivity index (χ4n) is 3.01. The molecule has 1 amide bonds. The van der Waals surface area contributed by atoms with Crippen LogP contribution in [0, 0.1) is 0 Å². The fourth-order valence-corrected chi connectivity index (χ4v) is 4.00. The van der Waals surface area contributed by atoms with Crippen molar-refractivity contribution in [3.05, 3.63) is 57.2 Å². The number of hydrogen-bond donors (Lipinski definition) is 1. The minimum absolute atomic E-state index is 0.0415. The number of likely N-dealkylation sites (tertiary alicyclic amines) is 1. The Morgan fingerprint density at radius 3 is 2.57 bits per heavy atom. The van der Waals surface area contributed by atoms with Crippen LogP contribution in [0.4, 0.5) is 0 Å². The Balaban J connectivity index is 1.66. The van der Waals surface area contributed by atoms with Crippen LogP contribution in [-0.2, 0) is 0 Å². The van der Waals surface area contributed by atoms with Crippen molar-refractivity contribution in [1.82, 2.24) is 10.2 Å². The third-order valence-corrected chi connectivity index (χ3v) is 5.49. The standard InChI is InChI=1S/C18H21ClN2OS/c19-15-8-6-14(7-9-15)18(22)20-13-16(17-5-4-12-23-17)21-10-2-1-3-11-21/h4-9,12,16H,1-3,10-11,13H2,(H,20,22)/t16-/m0/s1. The summed E-state index contributed by atoms with van der Waals surface area (Å²) in [6.07, 6.45) is 3.80. The van der Waals surface area contributed by atoms with Crippen molar-refractivity contribution in [1.29, 1.82) is 0 Å². The van der Waals surface area contributed by atoms with Gasteiger partial charge in [0.25, 0.3) is 5.91 Å². The summed E-state index contributed by atoms with van der Waals surface area (Å²) < 4.78 is 0. The van der Waals surface area contributed by atoms with Gasteiger partial charge in [0, 0.05) is 22.0 Å². The van der Waals surface area contributed by atoms with Crippen molar-refractivity contribution in [2.75, 3.05) is 19.6 Å². The lowest BCUT2D eigenvalue weighted by Crippen LogP contribution is -2.40. The molecule has 5 heteroatoms. The van der Waals surface area contributed by atoms with Gasteiger partial charge in [0.2, 0.25) is 0 Å². The highest BCUT2D eigenvalue weighted by molar-refractivity contribution is 7.10. The van der Waals surface area contributed by atoms with Crippen molar-refractivity contribution in [3.8, 4) is 0 Å². The van der Waals surface area contributed by atoms with Crippen LogP contribution in [-0.4, -0.2) is 30.4 Å². The second kappa shape index (κ2) is 7.95. The average Bonchev–Trinajstić information content (AvgIpc) is 3.11. The van der Waals surface area contributed by atoms with Crippen molar-refractivity contribution in [2.45, 2.75) is 25.3 Å². The van der Waals surface area contributed by atoms with Crippen molar-refractivity contribution in [2.24, 2.45) is 0 Å². The van der Waals surface area contributed by atoms with Crippen LogP contribution >= 0.6 is 22.9 Å². The highest BCUT2D eigenvalue weighted by Crippen LogP contribution is 2.27. The second-order valence-corrected chi connectivity index (χ2v) is 7.26. The molecular weight excluding hydrogens is 328 g/mol. The van der Waals surface area contributed by atoms with Crippen molar-refractivity contribution in [3.63, 3.8) is 0 Å². The van der Waals surface area contributed by atoms with E-state index in [1.807, 2.05) is 0 Å². The Kier molecular flexibility index (Phi) is 5.70. The number of benzene rings is 1. The maximum absolute atomic E-state index is 12.3. The van der Waals surface area contributed by atoms with E-state index >= 15 is 0 Å². The van der Waals surface area contributed by atoms with Crippen LogP contribution < -0.4 is 5.32 Å². The van der Waals surface area contributed by atoms with Gasteiger partial charge in [-0.2, -0.15) is 0 Å². The molecule has 1 atom stereocenters. The van der Waals surface area contributed by atoms with E-state index in [0.717, 1.165) is 13.1 Å². The van der Waals surface area contributed by atoms with E-state index in [9.17, 15) is 4.79 Å². The Bertz CT molecular complexity index is 621. The molecule has 2 heterocycles. The van der Waals surface area contributed by atoms with Gasteiger partial charge in [-0.25, -0.2) is 0 Å². The molecule has 1 aliphatic heterocycles. The lowest BCUT2D eigenvalue weighted by atomic mass is 10.1. The molecule has 1 fully saturated rings. The smallest absolute Gasteiger partial charge is 0.251 e. The number of rotatable bonds is 5. The zero-order valence-electron chi connectivity index (χ0n) is 13.0. The molecule has 1 aromatic carbocycles. The number of piperidine rings is 1. The maximum atomic E-state index is 12.3. The molecular formula is C18H21ClN2OS. The van der Waals surface area contributed by atoms with Crippen LogP contribution in [0.25, 0.3) is 0 Å². The molecule has 2 aromatic rings. The SMILES string of the molecule is O=C(NC[C@@H](c1cccs1)N1CCCCC1)c1ccc(Cl)cc1. The predicted octanol–water partition coefficient (Wildman–Crippen LogP) is 4.36. The zero-order chi connectivity index (χ0) is 16.1. The third-order valence-electron chi connectivity index (χ3n) is 4.27. The summed E-state index contributed by atoms with van der Waals surface area (Å²) in [5.74, 6) is -0.0415. The van der Waals surface area contributed by atoms with E-state index in [0.29, 0.717) is 17.1 Å². The van der Waals surface area contributed by atoms with E-state index in [1.165, 1.54) is 24.1 Å². The van der Waals surface area contributed by atoms with Crippen LogP contribution in [0.3, 0.4) is 0 Å². The molecule has 1 N–H and O–H groups in total.